The first-order chi connectivity index (χ1) is 6.24. The van der Waals surface area contributed by atoms with Crippen molar-refractivity contribution >= 4 is 0 Å². The van der Waals surface area contributed by atoms with Gasteiger partial charge in [0.2, 0.25) is 6.43 Å². The maximum Gasteiger partial charge on any atom is 0.241 e. The Labute approximate surface area is 76.3 Å². The molecule has 0 saturated heterocycles. The Morgan fingerprint density at radius 3 is 2.31 bits per heavy atom. The molecule has 0 aliphatic carbocycles. The zero-order chi connectivity index (χ0) is 9.68. The second-order valence-corrected chi connectivity index (χ2v) is 2.76. The maximum absolute atomic E-state index is 12.1. The van der Waals surface area contributed by atoms with Crippen LogP contribution in [0.5, 0.6) is 0 Å². The Hall–Kier alpha value is -0.960. The molecule has 1 aromatic rings. The van der Waals surface area contributed by atoms with E-state index in [0.717, 1.165) is 5.56 Å². The molecule has 0 aliphatic heterocycles. The lowest BCUT2D eigenvalue weighted by Crippen LogP contribution is -2.06. The van der Waals surface area contributed by atoms with Gasteiger partial charge in [0.15, 0.2) is 0 Å². The van der Waals surface area contributed by atoms with Crippen molar-refractivity contribution in [3.63, 3.8) is 0 Å². The molecular formula is C10H12F2O. The minimum Gasteiger partial charge on any atom is -0.377 e. The van der Waals surface area contributed by atoms with Crippen molar-refractivity contribution in [3.05, 3.63) is 35.9 Å². The summed E-state index contributed by atoms with van der Waals surface area (Å²) in [6, 6.07) is 9.05. The predicted molar refractivity (Wildman–Crippen MR) is 46.8 cm³/mol. The number of methoxy groups -OCH3 is 1. The Morgan fingerprint density at radius 2 is 1.85 bits per heavy atom. The number of hydrogen-bond donors (Lipinski definition) is 0. The van der Waals surface area contributed by atoms with E-state index < -0.39 is 12.5 Å². The lowest BCUT2D eigenvalue weighted by molar-refractivity contribution is 0.0304. The van der Waals surface area contributed by atoms with Crippen molar-refractivity contribution < 1.29 is 13.5 Å². The maximum atomic E-state index is 12.1. The van der Waals surface area contributed by atoms with E-state index in [1.807, 2.05) is 18.2 Å². The minimum atomic E-state index is -2.33. The standard InChI is InChI=1S/C10H12F2O/c1-13-9(7-10(11)12)8-5-3-2-4-6-8/h2-6,9-10H,7H2,1H3. The normalized spacial score (nSPS) is 13.2. The fourth-order valence-electron chi connectivity index (χ4n) is 1.20. The fourth-order valence-corrected chi connectivity index (χ4v) is 1.20. The molecule has 3 heteroatoms. The second kappa shape index (κ2) is 4.92. The van der Waals surface area contributed by atoms with Crippen molar-refractivity contribution in [2.24, 2.45) is 0 Å². The number of rotatable bonds is 4. The second-order valence-electron chi connectivity index (χ2n) is 2.76. The first kappa shape index (κ1) is 10.1. The molecule has 0 heterocycles. The molecular weight excluding hydrogens is 174 g/mol. The molecule has 1 unspecified atom stereocenters. The molecule has 0 fully saturated rings. The van der Waals surface area contributed by atoms with Crippen LogP contribution in [0.2, 0.25) is 0 Å². The highest BCUT2D eigenvalue weighted by Crippen LogP contribution is 2.23. The van der Waals surface area contributed by atoms with Gasteiger partial charge in [-0.05, 0) is 5.56 Å². The first-order valence-electron chi connectivity index (χ1n) is 4.10. The highest BCUT2D eigenvalue weighted by atomic mass is 19.3. The molecule has 1 nitrogen and oxygen atoms in total. The van der Waals surface area contributed by atoms with Crippen LogP contribution >= 0.6 is 0 Å². The van der Waals surface area contributed by atoms with Gasteiger partial charge in [-0.25, -0.2) is 8.78 Å². The van der Waals surface area contributed by atoms with Crippen LogP contribution in [0.3, 0.4) is 0 Å². The highest BCUT2D eigenvalue weighted by molar-refractivity contribution is 5.17. The summed E-state index contributed by atoms with van der Waals surface area (Å²) in [6.45, 7) is 0. The smallest absolute Gasteiger partial charge is 0.241 e. The van der Waals surface area contributed by atoms with Gasteiger partial charge in [-0.3, -0.25) is 0 Å². The molecule has 0 radical (unpaired) electrons. The molecule has 13 heavy (non-hydrogen) atoms. The molecule has 1 rings (SSSR count). The first-order valence-corrected chi connectivity index (χ1v) is 4.10. The average Bonchev–Trinajstić information content (AvgIpc) is 2.15. The van der Waals surface area contributed by atoms with Crippen LogP contribution in [0.15, 0.2) is 30.3 Å². The summed E-state index contributed by atoms with van der Waals surface area (Å²) < 4.78 is 29.1. The Balaban J connectivity index is 2.67. The summed E-state index contributed by atoms with van der Waals surface area (Å²) in [5.41, 5.74) is 0.797. The summed E-state index contributed by atoms with van der Waals surface area (Å²) in [6.07, 6.45) is -3.08. The lowest BCUT2D eigenvalue weighted by Gasteiger charge is -2.14. The van der Waals surface area contributed by atoms with Gasteiger partial charge in [0, 0.05) is 13.5 Å². The molecule has 72 valence electrons. The monoisotopic (exact) mass is 186 g/mol. The van der Waals surface area contributed by atoms with Gasteiger partial charge in [-0.1, -0.05) is 30.3 Å². The molecule has 1 atom stereocenters. The third-order valence-corrected chi connectivity index (χ3v) is 1.85. The van der Waals surface area contributed by atoms with Crippen molar-refractivity contribution in [2.45, 2.75) is 19.0 Å². The zero-order valence-corrected chi connectivity index (χ0v) is 7.41. The minimum absolute atomic E-state index is 0.249. The van der Waals surface area contributed by atoms with E-state index in [4.69, 9.17) is 4.74 Å². The van der Waals surface area contributed by atoms with Crippen molar-refractivity contribution in [2.75, 3.05) is 7.11 Å². The molecule has 0 aliphatic rings. The quantitative estimate of drug-likeness (QED) is 0.702. The van der Waals surface area contributed by atoms with Crippen LogP contribution in [0.4, 0.5) is 8.78 Å². The van der Waals surface area contributed by atoms with E-state index in [1.165, 1.54) is 7.11 Å². The highest BCUT2D eigenvalue weighted by Gasteiger charge is 2.15. The molecule has 1 aromatic carbocycles. The summed E-state index contributed by atoms with van der Waals surface area (Å²) in [5.74, 6) is 0. The molecule has 0 amide bonds. The Bertz CT molecular complexity index is 236. The molecule has 0 bridgehead atoms. The van der Waals surface area contributed by atoms with E-state index in [0.29, 0.717) is 0 Å². The summed E-state index contributed by atoms with van der Waals surface area (Å²) in [4.78, 5) is 0. The third-order valence-electron chi connectivity index (χ3n) is 1.85. The van der Waals surface area contributed by atoms with Crippen LogP contribution in [-0.4, -0.2) is 13.5 Å². The summed E-state index contributed by atoms with van der Waals surface area (Å²) >= 11 is 0. The SMILES string of the molecule is COC(CC(F)F)c1ccccc1. The Morgan fingerprint density at radius 1 is 1.23 bits per heavy atom. The topological polar surface area (TPSA) is 9.23 Å². The fraction of sp³-hybridized carbons (Fsp3) is 0.400. The van der Waals surface area contributed by atoms with Gasteiger partial charge < -0.3 is 4.74 Å². The van der Waals surface area contributed by atoms with E-state index in [1.54, 1.807) is 12.1 Å². The van der Waals surface area contributed by atoms with E-state index in [-0.39, 0.29) is 6.42 Å². The zero-order valence-electron chi connectivity index (χ0n) is 7.41. The van der Waals surface area contributed by atoms with Gasteiger partial charge in [0.25, 0.3) is 0 Å². The summed E-state index contributed by atoms with van der Waals surface area (Å²) in [5, 5.41) is 0. The van der Waals surface area contributed by atoms with E-state index in [2.05, 4.69) is 0 Å². The molecule has 0 spiro atoms. The van der Waals surface area contributed by atoms with Crippen molar-refractivity contribution in [1.29, 1.82) is 0 Å². The predicted octanol–water partition coefficient (Wildman–Crippen LogP) is 3.03. The van der Waals surface area contributed by atoms with E-state index in [9.17, 15) is 8.78 Å². The van der Waals surface area contributed by atoms with Crippen LogP contribution in [0.25, 0.3) is 0 Å². The molecule has 0 N–H and O–H groups in total. The van der Waals surface area contributed by atoms with Crippen molar-refractivity contribution in [3.8, 4) is 0 Å². The van der Waals surface area contributed by atoms with Gasteiger partial charge in [0.05, 0.1) is 6.10 Å². The van der Waals surface area contributed by atoms with Gasteiger partial charge >= 0.3 is 0 Å². The number of halogens is 2. The molecule has 0 aromatic heterocycles. The number of alkyl halides is 2. The van der Waals surface area contributed by atoms with Crippen LogP contribution in [0.1, 0.15) is 18.1 Å². The van der Waals surface area contributed by atoms with Gasteiger partial charge in [-0.15, -0.1) is 0 Å². The number of hydrogen-bond acceptors (Lipinski definition) is 1. The van der Waals surface area contributed by atoms with Crippen LogP contribution in [-0.2, 0) is 4.74 Å². The average molecular weight is 186 g/mol. The third kappa shape index (κ3) is 3.11. The Kier molecular flexibility index (Phi) is 3.83. The van der Waals surface area contributed by atoms with Crippen LogP contribution in [0, 0.1) is 0 Å². The lowest BCUT2D eigenvalue weighted by atomic mass is 10.1. The largest absolute Gasteiger partial charge is 0.377 e. The molecule has 0 saturated carbocycles. The van der Waals surface area contributed by atoms with Gasteiger partial charge in [0.1, 0.15) is 0 Å². The number of benzene rings is 1. The van der Waals surface area contributed by atoms with Gasteiger partial charge in [-0.2, -0.15) is 0 Å². The summed E-state index contributed by atoms with van der Waals surface area (Å²) in [7, 11) is 1.44. The van der Waals surface area contributed by atoms with Crippen LogP contribution < -0.4 is 0 Å². The van der Waals surface area contributed by atoms with Crippen molar-refractivity contribution in [1.82, 2.24) is 0 Å². The number of ether oxygens (including phenoxy) is 1. The van der Waals surface area contributed by atoms with E-state index >= 15 is 0 Å².